The number of rotatable bonds is 7. The molecule has 0 radical (unpaired) electrons. The summed E-state index contributed by atoms with van der Waals surface area (Å²) in [6.07, 6.45) is 3.14. The molecule has 3 aromatic carbocycles. The Kier molecular flexibility index (Phi) is 6.73. The van der Waals surface area contributed by atoms with Crippen LogP contribution in [0.4, 0.5) is 4.39 Å². The lowest BCUT2D eigenvalue weighted by molar-refractivity contribution is -0.137. The summed E-state index contributed by atoms with van der Waals surface area (Å²) in [6.45, 7) is 6.30. The molecule has 0 saturated heterocycles. The fourth-order valence-electron chi connectivity index (χ4n) is 6.78. The van der Waals surface area contributed by atoms with Gasteiger partial charge in [0, 0.05) is 29.5 Å². The van der Waals surface area contributed by atoms with E-state index in [4.69, 9.17) is 19.3 Å². The van der Waals surface area contributed by atoms with Gasteiger partial charge in [0.1, 0.15) is 35.3 Å². The van der Waals surface area contributed by atoms with E-state index in [9.17, 15) is 9.90 Å². The van der Waals surface area contributed by atoms with Crippen molar-refractivity contribution in [2.45, 2.75) is 83.0 Å². The maximum absolute atomic E-state index is 15.3. The molecule has 0 spiro atoms. The molecule has 3 aromatic rings. The Hall–Kier alpha value is -3.58. The molecule has 210 valence electrons. The predicted octanol–water partition coefficient (Wildman–Crippen LogP) is 6.81. The summed E-state index contributed by atoms with van der Waals surface area (Å²) in [5.74, 6) is 0.703. The summed E-state index contributed by atoms with van der Waals surface area (Å²) < 4.78 is 33.6. The van der Waals surface area contributed by atoms with Gasteiger partial charge in [0.2, 0.25) is 0 Å². The monoisotopic (exact) mass is 546 g/mol. The second-order valence-corrected chi connectivity index (χ2v) is 11.8. The first-order chi connectivity index (χ1) is 19.1. The molecule has 1 aliphatic heterocycles. The Labute approximate surface area is 233 Å². The number of aryl methyl sites for hydroxylation is 2. The zero-order valence-electron chi connectivity index (χ0n) is 23.1. The highest BCUT2D eigenvalue weighted by molar-refractivity contribution is 5.76. The van der Waals surface area contributed by atoms with Crippen LogP contribution >= 0.6 is 0 Å². The predicted molar refractivity (Wildman–Crippen MR) is 149 cm³/mol. The second kappa shape index (κ2) is 10.1. The SMILES string of the molecule is Cc1cc(OC2CCC(C)(O)C2)cc(C)c1-c1ccc(F)c2c1CCC2Oc1ccc2c(c1)OCC2CC(=O)O. The van der Waals surface area contributed by atoms with Crippen molar-refractivity contribution in [3.05, 3.63) is 76.1 Å². The summed E-state index contributed by atoms with van der Waals surface area (Å²) >= 11 is 0. The van der Waals surface area contributed by atoms with Crippen LogP contribution in [0.1, 0.15) is 78.9 Å². The number of halogens is 1. The molecule has 3 aliphatic rings. The van der Waals surface area contributed by atoms with E-state index in [0.717, 1.165) is 52.0 Å². The van der Waals surface area contributed by atoms with E-state index in [-0.39, 0.29) is 24.3 Å². The molecular formula is C33H35FO6. The molecule has 40 heavy (non-hydrogen) atoms. The maximum atomic E-state index is 15.3. The summed E-state index contributed by atoms with van der Waals surface area (Å²) in [4.78, 5) is 11.2. The van der Waals surface area contributed by atoms with Gasteiger partial charge >= 0.3 is 5.97 Å². The summed E-state index contributed by atoms with van der Waals surface area (Å²) in [7, 11) is 0. The van der Waals surface area contributed by atoms with Gasteiger partial charge in [0.25, 0.3) is 0 Å². The molecule has 0 bridgehead atoms. The zero-order valence-corrected chi connectivity index (χ0v) is 23.1. The number of carboxylic acid groups (broad SMARTS) is 1. The average Bonchev–Trinajstić information content (AvgIpc) is 3.57. The topological polar surface area (TPSA) is 85.2 Å². The van der Waals surface area contributed by atoms with Crippen molar-refractivity contribution < 1.29 is 33.6 Å². The molecule has 1 fully saturated rings. The number of benzene rings is 3. The lowest BCUT2D eigenvalue weighted by Gasteiger charge is -2.21. The van der Waals surface area contributed by atoms with Crippen LogP contribution in [0.3, 0.4) is 0 Å². The molecule has 2 aliphatic carbocycles. The van der Waals surface area contributed by atoms with E-state index in [0.29, 0.717) is 42.9 Å². The number of carbonyl (C=O) groups is 1. The van der Waals surface area contributed by atoms with Crippen LogP contribution in [0.25, 0.3) is 11.1 Å². The number of fused-ring (bicyclic) bond motifs is 2. The van der Waals surface area contributed by atoms with Gasteiger partial charge in [0.05, 0.1) is 18.6 Å². The highest BCUT2D eigenvalue weighted by Crippen LogP contribution is 2.45. The van der Waals surface area contributed by atoms with Gasteiger partial charge in [0.15, 0.2) is 0 Å². The summed E-state index contributed by atoms with van der Waals surface area (Å²) in [6, 6.07) is 12.9. The molecule has 0 amide bonds. The third-order valence-corrected chi connectivity index (χ3v) is 8.60. The van der Waals surface area contributed by atoms with Crippen molar-refractivity contribution in [1.82, 2.24) is 0 Å². The molecule has 0 aromatic heterocycles. The quantitative estimate of drug-likeness (QED) is 0.339. The fraction of sp³-hybridized carbons (Fsp3) is 0.424. The molecule has 1 saturated carbocycles. The molecule has 2 N–H and O–H groups in total. The van der Waals surface area contributed by atoms with Crippen molar-refractivity contribution >= 4 is 5.97 Å². The van der Waals surface area contributed by atoms with E-state index >= 15 is 4.39 Å². The van der Waals surface area contributed by atoms with Crippen molar-refractivity contribution in [3.63, 3.8) is 0 Å². The van der Waals surface area contributed by atoms with Crippen LogP contribution in [-0.2, 0) is 11.2 Å². The highest BCUT2D eigenvalue weighted by atomic mass is 19.1. The minimum atomic E-state index is -0.855. The summed E-state index contributed by atoms with van der Waals surface area (Å²) in [5, 5.41) is 19.5. The molecule has 4 atom stereocenters. The molecule has 6 nitrogen and oxygen atoms in total. The van der Waals surface area contributed by atoms with Gasteiger partial charge in [-0.05, 0) is 98.5 Å². The molecule has 1 heterocycles. The third kappa shape index (κ3) is 5.03. The number of aliphatic hydroxyl groups is 1. The largest absolute Gasteiger partial charge is 0.492 e. The van der Waals surface area contributed by atoms with Gasteiger partial charge in [-0.15, -0.1) is 0 Å². The number of carboxylic acids is 1. The molecular weight excluding hydrogens is 511 g/mol. The number of hydrogen-bond acceptors (Lipinski definition) is 5. The first kappa shape index (κ1) is 26.6. The molecule has 6 rings (SSSR count). The fourth-order valence-corrected chi connectivity index (χ4v) is 6.78. The minimum absolute atomic E-state index is 0.000275. The Morgan fingerprint density at radius 3 is 2.55 bits per heavy atom. The first-order valence-corrected chi connectivity index (χ1v) is 14.0. The highest BCUT2D eigenvalue weighted by Gasteiger charge is 2.35. The van der Waals surface area contributed by atoms with Crippen molar-refractivity contribution in [1.29, 1.82) is 0 Å². The van der Waals surface area contributed by atoms with Gasteiger partial charge in [-0.2, -0.15) is 0 Å². The van der Waals surface area contributed by atoms with Crippen molar-refractivity contribution in [2.75, 3.05) is 6.61 Å². The van der Waals surface area contributed by atoms with Crippen LogP contribution in [-0.4, -0.2) is 34.5 Å². The lowest BCUT2D eigenvalue weighted by atomic mass is 9.90. The van der Waals surface area contributed by atoms with Crippen LogP contribution in [0.5, 0.6) is 17.2 Å². The minimum Gasteiger partial charge on any atom is -0.492 e. The lowest BCUT2D eigenvalue weighted by Crippen LogP contribution is -2.22. The average molecular weight is 547 g/mol. The first-order valence-electron chi connectivity index (χ1n) is 14.0. The van der Waals surface area contributed by atoms with E-state index < -0.39 is 17.7 Å². The van der Waals surface area contributed by atoms with Gasteiger partial charge in [-0.3, -0.25) is 4.79 Å². The Bertz CT molecular complexity index is 1450. The smallest absolute Gasteiger partial charge is 0.304 e. The number of ether oxygens (including phenoxy) is 3. The van der Waals surface area contributed by atoms with E-state index in [2.05, 4.69) is 13.8 Å². The Balaban J connectivity index is 1.25. The van der Waals surface area contributed by atoms with Gasteiger partial charge in [-0.1, -0.05) is 12.1 Å². The number of aliphatic carboxylic acids is 1. The number of hydrogen-bond donors (Lipinski definition) is 2. The maximum Gasteiger partial charge on any atom is 0.304 e. The molecule has 4 unspecified atom stereocenters. The molecule has 7 heteroatoms. The second-order valence-electron chi connectivity index (χ2n) is 11.8. The van der Waals surface area contributed by atoms with Crippen LogP contribution < -0.4 is 14.2 Å². The van der Waals surface area contributed by atoms with Crippen molar-refractivity contribution in [3.8, 4) is 28.4 Å². The van der Waals surface area contributed by atoms with Crippen molar-refractivity contribution in [2.24, 2.45) is 0 Å². The van der Waals surface area contributed by atoms with Gasteiger partial charge in [-0.25, -0.2) is 4.39 Å². The van der Waals surface area contributed by atoms with E-state index in [1.165, 1.54) is 6.07 Å². The van der Waals surface area contributed by atoms with E-state index in [1.54, 1.807) is 6.07 Å². The van der Waals surface area contributed by atoms with Crippen LogP contribution in [0, 0.1) is 19.7 Å². The van der Waals surface area contributed by atoms with Crippen LogP contribution in [0.2, 0.25) is 0 Å². The van der Waals surface area contributed by atoms with E-state index in [1.807, 2.05) is 37.3 Å². The third-order valence-electron chi connectivity index (χ3n) is 8.60. The Morgan fingerprint density at radius 1 is 1.07 bits per heavy atom. The zero-order chi connectivity index (χ0) is 28.2. The standard InChI is InChI=1S/C33H35FO6/c1-18-12-23(39-22-10-11-33(3,37)16-22)13-19(2)31(18)25-6-8-27(34)32-26(25)7-9-28(32)40-21-4-5-24-20(14-30(35)36)17-38-29(24)15-21/h4-6,8,12-13,15,20,22,28,37H,7,9-11,14,16-17H2,1-3H3,(H,35,36). The summed E-state index contributed by atoms with van der Waals surface area (Å²) in [5.41, 5.74) is 5.98. The van der Waals surface area contributed by atoms with Crippen LogP contribution in [0.15, 0.2) is 42.5 Å². The van der Waals surface area contributed by atoms with Gasteiger partial charge < -0.3 is 24.4 Å². The normalized spacial score (nSPS) is 24.9. The Morgan fingerprint density at radius 2 is 1.85 bits per heavy atom.